The summed E-state index contributed by atoms with van der Waals surface area (Å²) in [5.41, 5.74) is 1.37. The van der Waals surface area contributed by atoms with Crippen molar-refractivity contribution < 1.29 is 12.8 Å². The van der Waals surface area contributed by atoms with Crippen LogP contribution in [0.25, 0.3) is 0 Å². The lowest BCUT2D eigenvalue weighted by Gasteiger charge is -2.08. The van der Waals surface area contributed by atoms with Gasteiger partial charge in [0.25, 0.3) is 0 Å². The number of sulfone groups is 1. The van der Waals surface area contributed by atoms with Crippen LogP contribution in [0.2, 0.25) is 5.02 Å². The molecule has 0 unspecified atom stereocenters. The molecule has 106 valence electrons. The molecule has 0 bridgehead atoms. The quantitative estimate of drug-likeness (QED) is 0.939. The number of halogens is 2. The molecule has 0 heterocycles. The van der Waals surface area contributed by atoms with E-state index in [-0.39, 0.29) is 9.92 Å². The van der Waals surface area contributed by atoms with E-state index in [1.165, 1.54) is 18.2 Å². The molecule has 0 atom stereocenters. The van der Waals surface area contributed by atoms with Crippen molar-refractivity contribution in [3.63, 3.8) is 0 Å². The molecule has 0 aromatic heterocycles. The molecular formula is C14H13ClFNO2S. The molecule has 20 heavy (non-hydrogen) atoms. The van der Waals surface area contributed by atoms with E-state index in [9.17, 15) is 12.8 Å². The van der Waals surface area contributed by atoms with E-state index in [1.807, 2.05) is 0 Å². The van der Waals surface area contributed by atoms with Crippen molar-refractivity contribution >= 4 is 27.1 Å². The van der Waals surface area contributed by atoms with Gasteiger partial charge in [-0.05, 0) is 35.9 Å². The molecule has 0 spiro atoms. The number of hydrogen-bond donors (Lipinski definition) is 1. The molecule has 0 amide bonds. The summed E-state index contributed by atoms with van der Waals surface area (Å²) in [6.07, 6.45) is 1.15. The van der Waals surface area contributed by atoms with Crippen LogP contribution >= 0.6 is 11.6 Å². The minimum atomic E-state index is -3.24. The van der Waals surface area contributed by atoms with E-state index in [4.69, 9.17) is 11.6 Å². The Morgan fingerprint density at radius 3 is 2.60 bits per heavy atom. The molecule has 1 N–H and O–H groups in total. The maximum atomic E-state index is 13.3. The number of hydrogen-bond acceptors (Lipinski definition) is 3. The SMILES string of the molecule is CS(=O)(=O)c1cccc(NCc2ccc(Cl)c(F)c2)c1. The largest absolute Gasteiger partial charge is 0.381 e. The van der Waals surface area contributed by atoms with Crippen LogP contribution in [0.4, 0.5) is 10.1 Å². The lowest BCUT2D eigenvalue weighted by Crippen LogP contribution is -2.02. The summed E-state index contributed by atoms with van der Waals surface area (Å²) in [7, 11) is -3.24. The Bertz CT molecular complexity index is 732. The Morgan fingerprint density at radius 2 is 1.95 bits per heavy atom. The van der Waals surface area contributed by atoms with Gasteiger partial charge in [-0.25, -0.2) is 12.8 Å². The Kier molecular flexibility index (Phi) is 4.30. The Labute approximate surface area is 122 Å². The van der Waals surface area contributed by atoms with Crippen LogP contribution in [-0.2, 0) is 16.4 Å². The summed E-state index contributed by atoms with van der Waals surface area (Å²) >= 11 is 5.61. The summed E-state index contributed by atoms with van der Waals surface area (Å²) in [5.74, 6) is -0.476. The maximum Gasteiger partial charge on any atom is 0.175 e. The van der Waals surface area contributed by atoms with Crippen LogP contribution in [0.15, 0.2) is 47.4 Å². The third kappa shape index (κ3) is 3.71. The Hall–Kier alpha value is -1.59. The molecule has 0 aliphatic rings. The van der Waals surface area contributed by atoms with E-state index in [2.05, 4.69) is 5.32 Å². The topological polar surface area (TPSA) is 46.2 Å². The van der Waals surface area contributed by atoms with Gasteiger partial charge in [0, 0.05) is 18.5 Å². The number of anilines is 1. The molecule has 0 saturated carbocycles. The average Bonchev–Trinajstić information content (AvgIpc) is 2.39. The smallest absolute Gasteiger partial charge is 0.175 e. The number of benzene rings is 2. The van der Waals surface area contributed by atoms with Crippen LogP contribution in [0.1, 0.15) is 5.56 Å². The van der Waals surface area contributed by atoms with Crippen molar-refractivity contribution in [3.8, 4) is 0 Å². The van der Waals surface area contributed by atoms with Gasteiger partial charge >= 0.3 is 0 Å². The van der Waals surface area contributed by atoms with Crippen LogP contribution in [-0.4, -0.2) is 14.7 Å². The van der Waals surface area contributed by atoms with Crippen LogP contribution in [0.5, 0.6) is 0 Å². The fourth-order valence-corrected chi connectivity index (χ4v) is 2.47. The monoisotopic (exact) mass is 313 g/mol. The minimum absolute atomic E-state index is 0.0767. The van der Waals surface area contributed by atoms with Crippen molar-refractivity contribution in [1.82, 2.24) is 0 Å². The lowest BCUT2D eigenvalue weighted by molar-refractivity contribution is 0.602. The third-order valence-corrected chi connectivity index (χ3v) is 4.16. The number of nitrogens with one attached hydrogen (secondary N) is 1. The Balaban J connectivity index is 2.13. The molecule has 0 aliphatic carbocycles. The zero-order valence-electron chi connectivity index (χ0n) is 10.7. The Morgan fingerprint density at radius 1 is 1.20 bits per heavy atom. The van der Waals surface area contributed by atoms with Crippen molar-refractivity contribution in [2.45, 2.75) is 11.4 Å². The molecule has 2 rings (SSSR count). The average molecular weight is 314 g/mol. The zero-order valence-corrected chi connectivity index (χ0v) is 12.3. The normalized spacial score (nSPS) is 11.3. The molecule has 0 radical (unpaired) electrons. The van der Waals surface area contributed by atoms with Gasteiger partial charge in [0.15, 0.2) is 9.84 Å². The van der Waals surface area contributed by atoms with E-state index >= 15 is 0 Å². The summed E-state index contributed by atoms with van der Waals surface area (Å²) < 4.78 is 36.2. The van der Waals surface area contributed by atoms with E-state index in [1.54, 1.807) is 24.3 Å². The van der Waals surface area contributed by atoms with Gasteiger partial charge in [0.1, 0.15) is 5.82 Å². The van der Waals surface area contributed by atoms with Gasteiger partial charge < -0.3 is 5.32 Å². The first-order valence-electron chi connectivity index (χ1n) is 5.84. The second-order valence-corrected chi connectivity index (χ2v) is 6.82. The van der Waals surface area contributed by atoms with Crippen LogP contribution in [0.3, 0.4) is 0 Å². The first kappa shape index (κ1) is 14.8. The predicted molar refractivity (Wildman–Crippen MR) is 78.3 cm³/mol. The number of rotatable bonds is 4. The van der Waals surface area contributed by atoms with Crippen molar-refractivity contribution in [2.24, 2.45) is 0 Å². The molecular weight excluding hydrogens is 301 g/mol. The van der Waals surface area contributed by atoms with Crippen LogP contribution < -0.4 is 5.32 Å². The van der Waals surface area contributed by atoms with Crippen molar-refractivity contribution in [1.29, 1.82) is 0 Å². The van der Waals surface area contributed by atoms with Gasteiger partial charge in [-0.3, -0.25) is 0 Å². The highest BCUT2D eigenvalue weighted by molar-refractivity contribution is 7.90. The highest BCUT2D eigenvalue weighted by Gasteiger charge is 2.07. The lowest BCUT2D eigenvalue weighted by atomic mass is 10.2. The fraction of sp³-hybridized carbons (Fsp3) is 0.143. The molecule has 2 aromatic rings. The predicted octanol–water partition coefficient (Wildman–Crippen LogP) is 3.49. The second-order valence-electron chi connectivity index (χ2n) is 4.40. The highest BCUT2D eigenvalue weighted by atomic mass is 35.5. The van der Waals surface area contributed by atoms with Gasteiger partial charge in [0.05, 0.1) is 9.92 Å². The van der Waals surface area contributed by atoms with Crippen molar-refractivity contribution in [3.05, 3.63) is 58.9 Å². The van der Waals surface area contributed by atoms with Gasteiger partial charge in [0.2, 0.25) is 0 Å². The van der Waals surface area contributed by atoms with E-state index < -0.39 is 15.7 Å². The standard InChI is InChI=1S/C14H13ClFNO2S/c1-20(18,19)12-4-2-3-11(8-12)17-9-10-5-6-13(15)14(16)7-10/h2-8,17H,9H2,1H3. The summed E-state index contributed by atoms with van der Waals surface area (Å²) in [6, 6.07) is 11.0. The molecule has 2 aromatic carbocycles. The fourth-order valence-electron chi connectivity index (χ4n) is 1.69. The molecule has 0 aliphatic heterocycles. The highest BCUT2D eigenvalue weighted by Crippen LogP contribution is 2.18. The molecule has 3 nitrogen and oxygen atoms in total. The van der Waals surface area contributed by atoms with Crippen LogP contribution in [0, 0.1) is 5.82 Å². The second kappa shape index (κ2) is 5.81. The molecule has 6 heteroatoms. The van der Waals surface area contributed by atoms with Gasteiger partial charge in [-0.15, -0.1) is 0 Å². The maximum absolute atomic E-state index is 13.3. The summed E-state index contributed by atoms with van der Waals surface area (Å²) in [4.78, 5) is 0.241. The first-order chi connectivity index (χ1) is 9.36. The van der Waals surface area contributed by atoms with Gasteiger partial charge in [-0.1, -0.05) is 23.7 Å². The van der Waals surface area contributed by atoms with E-state index in [0.29, 0.717) is 12.2 Å². The minimum Gasteiger partial charge on any atom is -0.381 e. The zero-order chi connectivity index (χ0) is 14.8. The molecule has 0 fully saturated rings. The summed E-state index contributed by atoms with van der Waals surface area (Å²) in [6.45, 7) is 0.376. The first-order valence-corrected chi connectivity index (χ1v) is 8.11. The van der Waals surface area contributed by atoms with Gasteiger partial charge in [-0.2, -0.15) is 0 Å². The van der Waals surface area contributed by atoms with E-state index in [0.717, 1.165) is 11.8 Å². The third-order valence-electron chi connectivity index (χ3n) is 2.74. The molecule has 0 saturated heterocycles. The van der Waals surface area contributed by atoms with Crippen molar-refractivity contribution in [2.75, 3.05) is 11.6 Å². The summed E-state index contributed by atoms with van der Waals surface area (Å²) in [5, 5.41) is 3.12.